The molecule has 1 aliphatic rings. The number of hydrogen-bond acceptors (Lipinski definition) is 7. The Balaban J connectivity index is 1.90. The van der Waals surface area contributed by atoms with Crippen molar-refractivity contribution in [3.8, 4) is 5.75 Å². The summed E-state index contributed by atoms with van der Waals surface area (Å²) in [5.74, 6) is -0.717. The van der Waals surface area contributed by atoms with Gasteiger partial charge in [0.1, 0.15) is 5.75 Å². The lowest BCUT2D eigenvalue weighted by Crippen LogP contribution is -2.30. The fraction of sp³-hybridized carbons (Fsp3) is 0.346. The van der Waals surface area contributed by atoms with E-state index in [1.807, 2.05) is 31.2 Å². The summed E-state index contributed by atoms with van der Waals surface area (Å²) in [4.78, 5) is 24.5. The molecular formula is C26H32N4O6S. The lowest BCUT2D eigenvalue weighted by atomic mass is 10.1. The van der Waals surface area contributed by atoms with Crippen molar-refractivity contribution in [3.05, 3.63) is 60.3 Å². The molecule has 1 aliphatic heterocycles. The van der Waals surface area contributed by atoms with E-state index in [0.29, 0.717) is 49.0 Å². The number of hydrazone groups is 1. The third-order valence-electron chi connectivity index (χ3n) is 5.74. The highest BCUT2D eigenvalue weighted by Crippen LogP contribution is 2.29. The molecule has 2 aromatic rings. The van der Waals surface area contributed by atoms with Crippen LogP contribution in [0.5, 0.6) is 5.75 Å². The van der Waals surface area contributed by atoms with Crippen LogP contribution in [0.2, 0.25) is 0 Å². The van der Waals surface area contributed by atoms with Gasteiger partial charge in [-0.3, -0.25) is 9.59 Å². The molecular weight excluding hydrogens is 496 g/mol. The van der Waals surface area contributed by atoms with Gasteiger partial charge in [-0.1, -0.05) is 26.0 Å². The van der Waals surface area contributed by atoms with Gasteiger partial charge in [-0.2, -0.15) is 14.4 Å². The lowest BCUT2D eigenvalue weighted by Gasteiger charge is -2.19. The monoisotopic (exact) mass is 528 g/mol. The molecule has 0 saturated carbocycles. The van der Waals surface area contributed by atoms with Crippen molar-refractivity contribution in [3.63, 3.8) is 0 Å². The molecule has 0 fully saturated rings. The number of sulfonamides is 1. The minimum absolute atomic E-state index is 0.0565. The smallest absolute Gasteiger partial charge is 0.303 e. The quantitative estimate of drug-likeness (QED) is 0.375. The fourth-order valence-electron chi connectivity index (χ4n) is 3.86. The number of amides is 1. The average Bonchev–Trinajstić information content (AvgIpc) is 3.19. The topological polar surface area (TPSA) is 129 Å². The van der Waals surface area contributed by atoms with Gasteiger partial charge in [0.2, 0.25) is 10.0 Å². The van der Waals surface area contributed by atoms with Crippen LogP contribution in [0.3, 0.4) is 0 Å². The number of aliphatic carboxylic acids is 1. The average molecular weight is 529 g/mol. The van der Waals surface area contributed by atoms with Crippen molar-refractivity contribution < 1.29 is 27.9 Å². The minimum atomic E-state index is -3.64. The molecule has 198 valence electrons. The van der Waals surface area contributed by atoms with Crippen LogP contribution in [0.4, 0.5) is 11.4 Å². The number of para-hydroxylation sites is 2. The minimum Gasteiger partial charge on any atom is -0.492 e. The SMILES string of the molecule is CCOc1ccccc1N/C=C1\C(=O)N(c2ccc(S(=O)(=O)N(CC)CC)cc2)N=C1CCCC(=O)O. The van der Waals surface area contributed by atoms with Crippen molar-refractivity contribution in [2.24, 2.45) is 5.10 Å². The molecule has 2 aromatic carbocycles. The second-order valence-electron chi connectivity index (χ2n) is 8.13. The summed E-state index contributed by atoms with van der Waals surface area (Å²) in [5.41, 5.74) is 1.79. The van der Waals surface area contributed by atoms with Crippen LogP contribution < -0.4 is 15.1 Å². The van der Waals surface area contributed by atoms with E-state index in [9.17, 15) is 18.0 Å². The molecule has 0 aliphatic carbocycles. The van der Waals surface area contributed by atoms with Crippen LogP contribution >= 0.6 is 0 Å². The summed E-state index contributed by atoms with van der Waals surface area (Å²) in [6, 6.07) is 13.3. The Kier molecular flexibility index (Phi) is 9.42. The number of ether oxygens (including phenoxy) is 1. The van der Waals surface area contributed by atoms with Gasteiger partial charge in [-0.05, 0) is 56.2 Å². The van der Waals surface area contributed by atoms with Gasteiger partial charge in [0.15, 0.2) is 0 Å². The first-order valence-electron chi connectivity index (χ1n) is 12.2. The summed E-state index contributed by atoms with van der Waals surface area (Å²) in [6.45, 7) is 6.59. The third-order valence-corrected chi connectivity index (χ3v) is 7.81. The molecule has 0 atom stereocenters. The zero-order valence-electron chi connectivity index (χ0n) is 21.2. The van der Waals surface area contributed by atoms with Gasteiger partial charge in [-0.25, -0.2) is 8.42 Å². The Hall–Kier alpha value is -3.70. The largest absolute Gasteiger partial charge is 0.492 e. The highest BCUT2D eigenvalue weighted by atomic mass is 32.2. The summed E-state index contributed by atoms with van der Waals surface area (Å²) in [5, 5.41) is 17.8. The zero-order valence-corrected chi connectivity index (χ0v) is 22.0. The first-order valence-corrected chi connectivity index (χ1v) is 13.6. The number of hydrogen-bond donors (Lipinski definition) is 2. The van der Waals surface area contributed by atoms with Crippen LogP contribution in [0.25, 0.3) is 0 Å². The molecule has 0 spiro atoms. The molecule has 2 N–H and O–H groups in total. The standard InChI is InChI=1S/C26H32N4O6S/c1-4-29(5-2)37(34,35)20-16-14-19(15-17-20)30-26(33)21(22(28-30)11-9-13-25(31)32)18-27-23-10-7-8-12-24(23)36-6-3/h7-8,10,12,14-18,27H,4-6,9,11,13H2,1-3H3,(H,31,32)/b21-18-. The highest BCUT2D eigenvalue weighted by molar-refractivity contribution is 7.89. The van der Waals surface area contributed by atoms with Gasteiger partial charge in [0, 0.05) is 25.7 Å². The lowest BCUT2D eigenvalue weighted by molar-refractivity contribution is -0.137. The maximum atomic E-state index is 13.4. The number of nitrogens with zero attached hydrogens (tertiary/aromatic N) is 3. The van der Waals surface area contributed by atoms with Gasteiger partial charge in [-0.15, -0.1) is 0 Å². The Bertz CT molecular complexity index is 1280. The first kappa shape index (κ1) is 27.9. The van der Waals surface area contributed by atoms with Gasteiger partial charge >= 0.3 is 5.97 Å². The van der Waals surface area contributed by atoms with Crippen molar-refractivity contribution >= 4 is 39.0 Å². The number of benzene rings is 2. The molecule has 0 unspecified atom stereocenters. The van der Waals surface area contributed by atoms with Gasteiger partial charge in [0.25, 0.3) is 5.91 Å². The van der Waals surface area contributed by atoms with E-state index in [1.54, 1.807) is 20.0 Å². The molecule has 1 heterocycles. The number of carbonyl (C=O) groups excluding carboxylic acids is 1. The van der Waals surface area contributed by atoms with Crippen molar-refractivity contribution in [1.29, 1.82) is 0 Å². The summed E-state index contributed by atoms with van der Waals surface area (Å²) >= 11 is 0. The molecule has 10 nitrogen and oxygen atoms in total. The summed E-state index contributed by atoms with van der Waals surface area (Å²) in [6.07, 6.45) is 2.07. The van der Waals surface area contributed by atoms with Crippen molar-refractivity contribution in [2.45, 2.75) is 44.9 Å². The highest BCUT2D eigenvalue weighted by Gasteiger charge is 2.31. The van der Waals surface area contributed by atoms with Crippen LogP contribution in [0.15, 0.2) is 70.3 Å². The normalized spacial score (nSPS) is 14.8. The van der Waals surface area contributed by atoms with Gasteiger partial charge in [0.05, 0.1) is 34.2 Å². The van der Waals surface area contributed by atoms with Crippen LogP contribution in [0.1, 0.15) is 40.0 Å². The van der Waals surface area contributed by atoms with Crippen LogP contribution in [-0.2, 0) is 19.6 Å². The van der Waals surface area contributed by atoms with E-state index in [2.05, 4.69) is 10.4 Å². The van der Waals surface area contributed by atoms with E-state index in [4.69, 9.17) is 9.84 Å². The van der Waals surface area contributed by atoms with Crippen LogP contribution in [0, 0.1) is 0 Å². The Morgan fingerprint density at radius 2 is 1.78 bits per heavy atom. The summed E-state index contributed by atoms with van der Waals surface area (Å²) in [7, 11) is -3.64. The predicted octanol–water partition coefficient (Wildman–Crippen LogP) is 4.07. The molecule has 0 radical (unpaired) electrons. The molecule has 0 aromatic heterocycles. The van der Waals surface area contributed by atoms with Gasteiger partial charge < -0.3 is 15.2 Å². The van der Waals surface area contributed by atoms with E-state index >= 15 is 0 Å². The number of rotatable bonds is 13. The van der Waals surface area contributed by atoms with E-state index < -0.39 is 21.9 Å². The van der Waals surface area contributed by atoms with Crippen LogP contribution in [-0.4, -0.2) is 55.1 Å². The second-order valence-corrected chi connectivity index (χ2v) is 10.1. The molecule has 0 saturated heterocycles. The van der Waals surface area contributed by atoms with E-state index in [-0.39, 0.29) is 23.3 Å². The number of carboxylic acids is 1. The molecule has 0 bridgehead atoms. The van der Waals surface area contributed by atoms with Crippen molar-refractivity contribution in [2.75, 3.05) is 30.0 Å². The maximum Gasteiger partial charge on any atom is 0.303 e. The number of carbonyl (C=O) groups is 2. The van der Waals surface area contributed by atoms with E-state index in [1.165, 1.54) is 33.6 Å². The molecule has 37 heavy (non-hydrogen) atoms. The number of anilines is 2. The fourth-order valence-corrected chi connectivity index (χ4v) is 5.32. The van der Waals surface area contributed by atoms with Crippen molar-refractivity contribution in [1.82, 2.24) is 4.31 Å². The number of carboxylic acid groups (broad SMARTS) is 1. The maximum absolute atomic E-state index is 13.4. The third kappa shape index (κ3) is 6.55. The second kappa shape index (κ2) is 12.5. The zero-order chi connectivity index (χ0) is 27.0. The Morgan fingerprint density at radius 3 is 2.41 bits per heavy atom. The molecule has 3 rings (SSSR count). The molecule has 1 amide bonds. The van der Waals surface area contributed by atoms with E-state index in [0.717, 1.165) is 0 Å². The molecule has 11 heteroatoms. The number of nitrogens with one attached hydrogen (secondary N) is 1. The Labute approximate surface area is 217 Å². The first-order chi connectivity index (χ1) is 17.7. The Morgan fingerprint density at radius 1 is 1.11 bits per heavy atom. The summed E-state index contributed by atoms with van der Waals surface area (Å²) < 4.78 is 32.6. The predicted molar refractivity (Wildman–Crippen MR) is 142 cm³/mol.